The van der Waals surface area contributed by atoms with E-state index < -0.39 is 0 Å². The van der Waals surface area contributed by atoms with E-state index in [2.05, 4.69) is 57.2 Å². The molecule has 2 aromatic heterocycles. The van der Waals surface area contributed by atoms with Gasteiger partial charge in [0, 0.05) is 30.4 Å². The third-order valence-corrected chi connectivity index (χ3v) is 5.15. The van der Waals surface area contributed by atoms with E-state index in [1.165, 1.54) is 30.3 Å². The molecule has 1 saturated heterocycles. The number of benzene rings is 1. The number of hydrogen-bond donors (Lipinski definition) is 2. The SMILES string of the molecule is CN1CCCC(Cn2ccc3ccc(-c4[nH]nc(N)c4C#N)cc32)C1. The number of nitrogens with two attached hydrogens (primary N) is 1. The highest BCUT2D eigenvalue weighted by atomic mass is 15.2. The number of hydrogen-bond acceptors (Lipinski definition) is 4. The van der Waals surface area contributed by atoms with Gasteiger partial charge in [0.05, 0.1) is 5.69 Å². The van der Waals surface area contributed by atoms with Gasteiger partial charge >= 0.3 is 0 Å². The number of nitrogen functional groups attached to an aromatic ring is 1. The Hall–Kier alpha value is -2.78. The Bertz CT molecular complexity index is 945. The molecule has 0 spiro atoms. The number of nitrogens with zero attached hydrogens (tertiary/aromatic N) is 4. The summed E-state index contributed by atoms with van der Waals surface area (Å²) < 4.78 is 2.33. The van der Waals surface area contributed by atoms with E-state index in [9.17, 15) is 5.26 Å². The lowest BCUT2D eigenvalue weighted by Gasteiger charge is -2.30. The first-order chi connectivity index (χ1) is 12.2. The maximum absolute atomic E-state index is 9.32. The second-order valence-electron chi connectivity index (χ2n) is 6.98. The van der Waals surface area contributed by atoms with E-state index in [4.69, 9.17) is 5.73 Å². The van der Waals surface area contributed by atoms with Gasteiger partial charge in [0.25, 0.3) is 0 Å². The van der Waals surface area contributed by atoms with Crippen LogP contribution in [-0.4, -0.2) is 39.8 Å². The van der Waals surface area contributed by atoms with Gasteiger partial charge in [-0.2, -0.15) is 10.4 Å². The van der Waals surface area contributed by atoms with Crippen LogP contribution in [0.2, 0.25) is 0 Å². The normalized spacial score (nSPS) is 18.5. The molecule has 0 radical (unpaired) electrons. The van der Waals surface area contributed by atoms with Crippen LogP contribution in [0.5, 0.6) is 0 Å². The minimum Gasteiger partial charge on any atom is -0.381 e. The number of fused-ring (bicyclic) bond motifs is 1. The first kappa shape index (κ1) is 15.7. The van der Waals surface area contributed by atoms with Gasteiger partial charge in [-0.1, -0.05) is 12.1 Å². The van der Waals surface area contributed by atoms with Crippen LogP contribution < -0.4 is 5.73 Å². The molecule has 0 amide bonds. The zero-order valence-electron chi connectivity index (χ0n) is 14.4. The molecule has 1 aliphatic rings. The average molecular weight is 334 g/mol. The van der Waals surface area contributed by atoms with Crippen LogP contribution in [0.15, 0.2) is 30.5 Å². The van der Waals surface area contributed by atoms with Crippen LogP contribution in [-0.2, 0) is 6.54 Å². The standard InChI is InChI=1S/C19H22N6/c1-24-7-2-3-13(11-24)12-25-8-6-14-4-5-15(9-17(14)25)18-16(10-20)19(21)23-22-18/h4-6,8-9,13H,2-3,7,11-12H2,1H3,(H3,21,22,23). The van der Waals surface area contributed by atoms with Crippen molar-refractivity contribution in [1.29, 1.82) is 5.26 Å². The Morgan fingerprint density at radius 3 is 3.08 bits per heavy atom. The van der Waals surface area contributed by atoms with E-state index in [-0.39, 0.29) is 5.82 Å². The summed E-state index contributed by atoms with van der Waals surface area (Å²) in [6.07, 6.45) is 4.71. The molecule has 1 unspecified atom stereocenters. The first-order valence-corrected chi connectivity index (χ1v) is 8.67. The summed E-state index contributed by atoms with van der Waals surface area (Å²) in [6.45, 7) is 3.37. The van der Waals surface area contributed by atoms with Gasteiger partial charge in [-0.25, -0.2) is 0 Å². The molecule has 1 aliphatic heterocycles. The summed E-state index contributed by atoms with van der Waals surface area (Å²) in [4.78, 5) is 2.41. The van der Waals surface area contributed by atoms with Crippen molar-refractivity contribution < 1.29 is 0 Å². The molecule has 0 bridgehead atoms. The summed E-state index contributed by atoms with van der Waals surface area (Å²) >= 11 is 0. The summed E-state index contributed by atoms with van der Waals surface area (Å²) in [5, 5.41) is 17.4. The number of piperidine rings is 1. The third-order valence-electron chi connectivity index (χ3n) is 5.15. The average Bonchev–Trinajstić information content (AvgIpc) is 3.18. The highest BCUT2D eigenvalue weighted by Crippen LogP contribution is 2.29. The number of likely N-dealkylation sites (tertiary alicyclic amines) is 1. The summed E-state index contributed by atoms with van der Waals surface area (Å²) in [5.41, 5.74) is 8.99. The maximum Gasteiger partial charge on any atom is 0.163 e. The fourth-order valence-corrected chi connectivity index (χ4v) is 3.88. The number of H-pyrrole nitrogens is 1. The number of anilines is 1. The van der Waals surface area contributed by atoms with Crippen LogP contribution in [0.4, 0.5) is 5.82 Å². The minimum atomic E-state index is 0.248. The predicted molar refractivity (Wildman–Crippen MR) is 98.9 cm³/mol. The Morgan fingerprint density at radius 2 is 2.28 bits per heavy atom. The Morgan fingerprint density at radius 1 is 1.40 bits per heavy atom. The monoisotopic (exact) mass is 334 g/mol. The lowest BCUT2D eigenvalue weighted by atomic mass is 9.98. The first-order valence-electron chi connectivity index (χ1n) is 8.67. The zero-order chi connectivity index (χ0) is 17.4. The molecular formula is C19H22N6. The van der Waals surface area contributed by atoms with Crippen molar-refractivity contribution >= 4 is 16.7 Å². The molecule has 128 valence electrons. The van der Waals surface area contributed by atoms with Crippen LogP contribution in [0.3, 0.4) is 0 Å². The predicted octanol–water partition coefficient (Wildman–Crippen LogP) is 2.83. The summed E-state index contributed by atoms with van der Waals surface area (Å²) in [6, 6.07) is 10.5. The quantitative estimate of drug-likeness (QED) is 0.771. The van der Waals surface area contributed by atoms with Crippen molar-refractivity contribution in [2.75, 3.05) is 25.9 Å². The number of nitrogens with one attached hydrogen (secondary N) is 1. The number of rotatable bonds is 3. The van der Waals surface area contributed by atoms with Crippen molar-refractivity contribution in [1.82, 2.24) is 19.7 Å². The Kier molecular flexibility index (Phi) is 3.94. The van der Waals surface area contributed by atoms with Gasteiger partial charge in [-0.15, -0.1) is 0 Å². The molecule has 25 heavy (non-hydrogen) atoms. The van der Waals surface area contributed by atoms with Crippen LogP contribution in [0.25, 0.3) is 22.2 Å². The maximum atomic E-state index is 9.32. The molecule has 6 nitrogen and oxygen atoms in total. The fraction of sp³-hybridized carbons (Fsp3) is 0.368. The van der Waals surface area contributed by atoms with Crippen molar-refractivity contribution in [3.05, 3.63) is 36.0 Å². The molecule has 1 atom stereocenters. The molecule has 3 heterocycles. The van der Waals surface area contributed by atoms with E-state index in [1.807, 2.05) is 6.07 Å². The van der Waals surface area contributed by atoms with E-state index in [0.717, 1.165) is 18.7 Å². The lowest BCUT2D eigenvalue weighted by molar-refractivity contribution is 0.196. The van der Waals surface area contributed by atoms with Gasteiger partial charge in [0.2, 0.25) is 0 Å². The molecule has 0 saturated carbocycles. The second kappa shape index (κ2) is 6.26. The summed E-state index contributed by atoms with van der Waals surface area (Å²) in [7, 11) is 2.20. The molecule has 0 aliphatic carbocycles. The largest absolute Gasteiger partial charge is 0.381 e. The van der Waals surface area contributed by atoms with Crippen LogP contribution in [0.1, 0.15) is 18.4 Å². The second-order valence-corrected chi connectivity index (χ2v) is 6.98. The lowest BCUT2D eigenvalue weighted by Crippen LogP contribution is -2.33. The van der Waals surface area contributed by atoms with Gasteiger partial charge in [-0.05, 0) is 49.9 Å². The molecule has 4 rings (SSSR count). The van der Waals surface area contributed by atoms with E-state index in [1.54, 1.807) is 0 Å². The Labute approximate surface area is 146 Å². The molecule has 3 aromatic rings. The highest BCUT2D eigenvalue weighted by Gasteiger charge is 2.19. The molecular weight excluding hydrogens is 312 g/mol. The topological polar surface area (TPSA) is 86.7 Å². The number of nitriles is 1. The fourth-order valence-electron chi connectivity index (χ4n) is 3.88. The zero-order valence-corrected chi connectivity index (χ0v) is 14.4. The molecule has 3 N–H and O–H groups in total. The van der Waals surface area contributed by atoms with E-state index in [0.29, 0.717) is 17.2 Å². The van der Waals surface area contributed by atoms with Crippen LogP contribution >= 0.6 is 0 Å². The van der Waals surface area contributed by atoms with Crippen molar-refractivity contribution in [2.45, 2.75) is 19.4 Å². The summed E-state index contributed by atoms with van der Waals surface area (Å²) in [5.74, 6) is 0.925. The highest BCUT2D eigenvalue weighted by molar-refractivity contribution is 5.86. The molecule has 1 fully saturated rings. The molecule has 6 heteroatoms. The van der Waals surface area contributed by atoms with Gasteiger partial charge < -0.3 is 15.2 Å². The van der Waals surface area contributed by atoms with Crippen molar-refractivity contribution in [3.8, 4) is 17.3 Å². The van der Waals surface area contributed by atoms with Gasteiger partial charge in [0.1, 0.15) is 11.6 Å². The smallest absolute Gasteiger partial charge is 0.163 e. The number of aromatic nitrogens is 3. The van der Waals surface area contributed by atoms with Crippen molar-refractivity contribution in [2.24, 2.45) is 5.92 Å². The minimum absolute atomic E-state index is 0.248. The molecule has 1 aromatic carbocycles. The van der Waals surface area contributed by atoms with Crippen molar-refractivity contribution in [3.63, 3.8) is 0 Å². The number of aromatic amines is 1. The third kappa shape index (κ3) is 2.87. The van der Waals surface area contributed by atoms with Gasteiger partial charge in [0.15, 0.2) is 5.82 Å². The Balaban J connectivity index is 1.69. The van der Waals surface area contributed by atoms with Crippen LogP contribution in [0, 0.1) is 17.2 Å². The van der Waals surface area contributed by atoms with E-state index >= 15 is 0 Å². The van der Waals surface area contributed by atoms with Gasteiger partial charge in [-0.3, -0.25) is 5.10 Å².